The van der Waals surface area contributed by atoms with Gasteiger partial charge in [0.1, 0.15) is 12.3 Å². The van der Waals surface area contributed by atoms with Crippen LogP contribution in [0.5, 0.6) is 11.5 Å². The largest absolute Gasteiger partial charge is 0.490 e. The Bertz CT molecular complexity index is 894. The molecule has 6 nitrogen and oxygen atoms in total. The van der Waals surface area contributed by atoms with Crippen molar-refractivity contribution in [1.29, 1.82) is 0 Å². The van der Waals surface area contributed by atoms with Crippen LogP contribution in [-0.4, -0.2) is 23.6 Å². The number of ether oxygens (including phenoxy) is 2. The van der Waals surface area contributed by atoms with Crippen molar-refractivity contribution in [3.05, 3.63) is 62.2 Å². The Labute approximate surface area is 179 Å². The van der Waals surface area contributed by atoms with E-state index in [4.69, 9.17) is 9.47 Å². The normalized spacial score (nSPS) is 11.1. The second kappa shape index (κ2) is 10.3. The van der Waals surface area contributed by atoms with Crippen LogP contribution < -0.4 is 14.8 Å². The van der Waals surface area contributed by atoms with Crippen molar-refractivity contribution in [3.8, 4) is 11.5 Å². The smallest absolute Gasteiger partial charge is 0.352 e. The van der Waals surface area contributed by atoms with Gasteiger partial charge in [0.15, 0.2) is 11.5 Å². The van der Waals surface area contributed by atoms with Crippen LogP contribution in [0.15, 0.2) is 51.0 Å². The highest BCUT2D eigenvalue weighted by Crippen LogP contribution is 2.38. The summed E-state index contributed by atoms with van der Waals surface area (Å²) in [6.45, 7) is 3.84. The highest BCUT2D eigenvalue weighted by molar-refractivity contribution is 9.10. The van der Waals surface area contributed by atoms with Gasteiger partial charge in [0.2, 0.25) is 5.91 Å². The van der Waals surface area contributed by atoms with E-state index in [1.165, 1.54) is 13.0 Å². The van der Waals surface area contributed by atoms with Gasteiger partial charge in [0.25, 0.3) is 0 Å². The van der Waals surface area contributed by atoms with Crippen molar-refractivity contribution in [3.63, 3.8) is 0 Å². The predicted octanol–water partition coefficient (Wildman–Crippen LogP) is 4.75. The van der Waals surface area contributed by atoms with Crippen LogP contribution in [-0.2, 0) is 16.2 Å². The van der Waals surface area contributed by atoms with Crippen LogP contribution in [0, 0.1) is 0 Å². The lowest BCUT2D eigenvalue weighted by molar-refractivity contribution is -0.134. The van der Waals surface area contributed by atoms with E-state index in [0.717, 1.165) is 10.0 Å². The van der Waals surface area contributed by atoms with Crippen LogP contribution in [0.3, 0.4) is 0 Å². The van der Waals surface area contributed by atoms with Crippen LogP contribution in [0.4, 0.5) is 0 Å². The predicted molar refractivity (Wildman–Crippen MR) is 113 cm³/mol. The molecule has 2 rings (SSSR count). The molecule has 2 aromatic carbocycles. The molecule has 8 heteroatoms. The van der Waals surface area contributed by atoms with Gasteiger partial charge in [0.05, 0.1) is 11.1 Å². The van der Waals surface area contributed by atoms with Crippen molar-refractivity contribution in [2.45, 2.75) is 20.5 Å². The van der Waals surface area contributed by atoms with Crippen molar-refractivity contribution >= 4 is 49.8 Å². The first-order valence-electron chi connectivity index (χ1n) is 8.36. The van der Waals surface area contributed by atoms with Crippen LogP contribution in [0.2, 0.25) is 0 Å². The second-order valence-electron chi connectivity index (χ2n) is 5.72. The molecule has 0 aliphatic carbocycles. The monoisotopic (exact) mass is 511 g/mol. The molecular formula is C20H19Br2NO5. The number of hydrogen-bond acceptors (Lipinski definition) is 4. The number of rotatable bonds is 8. The molecule has 0 aliphatic rings. The average Bonchev–Trinajstić information content (AvgIpc) is 2.62. The quantitative estimate of drug-likeness (QED) is 0.498. The maximum Gasteiger partial charge on any atom is 0.352 e. The van der Waals surface area contributed by atoms with Gasteiger partial charge in [-0.2, -0.15) is 0 Å². The van der Waals surface area contributed by atoms with Gasteiger partial charge >= 0.3 is 5.97 Å². The Morgan fingerprint density at radius 2 is 1.82 bits per heavy atom. The molecule has 2 aromatic rings. The van der Waals surface area contributed by atoms with Crippen molar-refractivity contribution in [2.75, 3.05) is 6.61 Å². The molecule has 0 heterocycles. The van der Waals surface area contributed by atoms with Gasteiger partial charge in [0, 0.05) is 11.4 Å². The van der Waals surface area contributed by atoms with Gasteiger partial charge in [-0.15, -0.1) is 0 Å². The number of carboxylic acids is 1. The minimum absolute atomic E-state index is 0.231. The number of aliphatic carboxylic acids is 1. The summed E-state index contributed by atoms with van der Waals surface area (Å²) >= 11 is 6.85. The summed E-state index contributed by atoms with van der Waals surface area (Å²) in [4.78, 5) is 22.5. The van der Waals surface area contributed by atoms with Crippen LogP contribution in [0.1, 0.15) is 25.0 Å². The maximum atomic E-state index is 11.3. The fraction of sp³-hybridized carbons (Fsp3) is 0.200. The molecule has 0 saturated carbocycles. The molecule has 0 spiro atoms. The number of carbonyl (C=O) groups excluding carboxylic acids is 1. The van der Waals surface area contributed by atoms with E-state index >= 15 is 0 Å². The van der Waals surface area contributed by atoms with E-state index in [9.17, 15) is 14.7 Å². The third-order valence-corrected chi connectivity index (χ3v) is 4.60. The van der Waals surface area contributed by atoms with E-state index in [1.54, 1.807) is 12.1 Å². The molecular weight excluding hydrogens is 494 g/mol. The summed E-state index contributed by atoms with van der Waals surface area (Å²) in [7, 11) is 0. The molecule has 0 bridgehead atoms. The summed E-state index contributed by atoms with van der Waals surface area (Å²) in [5, 5.41) is 11.6. The number of carbonyl (C=O) groups is 2. The molecule has 0 saturated heterocycles. The summed E-state index contributed by atoms with van der Waals surface area (Å²) in [5.41, 5.74) is 1.29. The van der Waals surface area contributed by atoms with Gasteiger partial charge in [-0.25, -0.2) is 4.79 Å². The van der Waals surface area contributed by atoms with Crippen molar-refractivity contribution < 1.29 is 24.2 Å². The summed E-state index contributed by atoms with van der Waals surface area (Å²) < 4.78 is 13.2. The van der Waals surface area contributed by atoms with Gasteiger partial charge in [-0.3, -0.25) is 4.79 Å². The van der Waals surface area contributed by atoms with Crippen molar-refractivity contribution in [2.24, 2.45) is 0 Å². The Balaban J connectivity index is 2.33. The average molecular weight is 513 g/mol. The lowest BCUT2D eigenvalue weighted by Gasteiger charge is -2.15. The Morgan fingerprint density at radius 3 is 2.39 bits per heavy atom. The molecule has 0 radical (unpaired) electrons. The van der Waals surface area contributed by atoms with Gasteiger partial charge < -0.3 is 19.9 Å². The first-order valence-corrected chi connectivity index (χ1v) is 9.95. The lowest BCUT2D eigenvalue weighted by Crippen LogP contribution is -2.24. The SMILES string of the molecule is CCOc1cc(/C=C(/NC(C)=O)C(=O)O)cc(Br)c1OCc1ccc(Br)cc1. The molecule has 2 N–H and O–H groups in total. The molecule has 0 atom stereocenters. The topological polar surface area (TPSA) is 84.9 Å². The highest BCUT2D eigenvalue weighted by Gasteiger charge is 2.14. The third-order valence-electron chi connectivity index (χ3n) is 3.48. The Morgan fingerprint density at radius 1 is 1.14 bits per heavy atom. The molecule has 0 aromatic heterocycles. The van der Waals surface area contributed by atoms with Crippen LogP contribution >= 0.6 is 31.9 Å². The maximum absolute atomic E-state index is 11.3. The molecule has 28 heavy (non-hydrogen) atoms. The molecule has 0 aliphatic heterocycles. The van der Waals surface area contributed by atoms with E-state index in [0.29, 0.717) is 34.7 Å². The van der Waals surface area contributed by atoms with Gasteiger partial charge in [-0.1, -0.05) is 28.1 Å². The first kappa shape index (κ1) is 22.0. The van der Waals surface area contributed by atoms with E-state index in [1.807, 2.05) is 31.2 Å². The molecule has 0 fully saturated rings. The number of benzene rings is 2. The standard InChI is InChI=1S/C20H19Br2NO5/c1-3-27-18-10-14(9-17(20(25)26)23-12(2)24)8-16(22)19(18)28-11-13-4-6-15(21)7-5-13/h4-10H,3,11H2,1-2H3,(H,23,24)(H,25,26)/b17-9+. The van der Waals surface area contributed by atoms with E-state index < -0.39 is 11.9 Å². The number of halogens is 2. The Kier molecular flexibility index (Phi) is 8.07. The minimum Gasteiger partial charge on any atom is -0.490 e. The van der Waals surface area contributed by atoms with E-state index in [2.05, 4.69) is 37.2 Å². The number of nitrogens with one attached hydrogen (secondary N) is 1. The number of hydrogen-bond donors (Lipinski definition) is 2. The lowest BCUT2D eigenvalue weighted by atomic mass is 10.1. The number of carboxylic acid groups (broad SMARTS) is 1. The Hall–Kier alpha value is -2.32. The van der Waals surface area contributed by atoms with Gasteiger partial charge in [-0.05, 0) is 64.3 Å². The summed E-state index contributed by atoms with van der Waals surface area (Å²) in [5.74, 6) is -0.724. The van der Waals surface area contributed by atoms with Crippen LogP contribution in [0.25, 0.3) is 6.08 Å². The fourth-order valence-corrected chi connectivity index (χ4v) is 3.16. The first-order chi connectivity index (χ1) is 13.3. The highest BCUT2D eigenvalue weighted by atomic mass is 79.9. The molecule has 148 valence electrons. The van der Waals surface area contributed by atoms with E-state index in [-0.39, 0.29) is 5.70 Å². The summed E-state index contributed by atoms with van der Waals surface area (Å²) in [6, 6.07) is 11.1. The zero-order valence-corrected chi connectivity index (χ0v) is 18.5. The molecule has 1 amide bonds. The fourth-order valence-electron chi connectivity index (χ4n) is 2.32. The molecule has 0 unspecified atom stereocenters. The third kappa shape index (κ3) is 6.38. The zero-order valence-electron chi connectivity index (χ0n) is 15.3. The second-order valence-corrected chi connectivity index (χ2v) is 7.49. The number of amides is 1. The van der Waals surface area contributed by atoms with Crippen molar-refractivity contribution in [1.82, 2.24) is 5.32 Å². The minimum atomic E-state index is -1.24. The summed E-state index contributed by atoms with van der Waals surface area (Å²) in [6.07, 6.45) is 1.36. The zero-order chi connectivity index (χ0) is 20.7.